The highest BCUT2D eigenvalue weighted by Crippen LogP contribution is 2.50. The molecule has 0 aromatic heterocycles. The Morgan fingerprint density at radius 2 is 1.45 bits per heavy atom. The zero-order chi connectivity index (χ0) is 24.4. The molecule has 2 aliphatic rings. The van der Waals surface area contributed by atoms with E-state index in [2.05, 4.69) is 46.0 Å². The van der Waals surface area contributed by atoms with Crippen molar-refractivity contribution in [1.29, 1.82) is 0 Å². The molecular weight excluding hydrogens is 427 g/mol. The van der Waals surface area contributed by atoms with Crippen molar-refractivity contribution in [3.63, 3.8) is 0 Å². The largest absolute Gasteiger partial charge is 0.487 e. The lowest BCUT2D eigenvalue weighted by Gasteiger charge is -2.43. The third-order valence-electron chi connectivity index (χ3n) is 6.28. The van der Waals surface area contributed by atoms with Gasteiger partial charge in [0.25, 0.3) is 0 Å². The fourth-order valence-electron chi connectivity index (χ4n) is 5.08. The van der Waals surface area contributed by atoms with Crippen molar-refractivity contribution in [1.82, 2.24) is 5.32 Å². The van der Waals surface area contributed by atoms with Gasteiger partial charge in [0.1, 0.15) is 22.7 Å². The zero-order valence-corrected chi connectivity index (χ0v) is 20.5. The van der Waals surface area contributed by atoms with Gasteiger partial charge in [-0.2, -0.15) is 13.2 Å². The fraction of sp³-hybridized carbons (Fsp3) is 0.556. The second-order valence-electron chi connectivity index (χ2n) is 11.7. The molecule has 4 rings (SSSR count). The lowest BCUT2D eigenvalue weighted by Crippen LogP contribution is -2.46. The molecule has 2 heterocycles. The summed E-state index contributed by atoms with van der Waals surface area (Å²) in [5.41, 5.74) is 0.993. The topological polar surface area (TPSA) is 30.5 Å². The van der Waals surface area contributed by atoms with E-state index >= 15 is 0 Å². The lowest BCUT2D eigenvalue weighted by molar-refractivity contribution is -0.137. The summed E-state index contributed by atoms with van der Waals surface area (Å²) >= 11 is 0. The van der Waals surface area contributed by atoms with Crippen LogP contribution >= 0.6 is 0 Å². The van der Waals surface area contributed by atoms with Gasteiger partial charge >= 0.3 is 6.18 Å². The molecule has 33 heavy (non-hydrogen) atoms. The number of hydrogen-bond donors (Lipinski definition) is 1. The third-order valence-corrected chi connectivity index (χ3v) is 6.28. The maximum atomic E-state index is 13.4. The van der Waals surface area contributed by atoms with E-state index in [4.69, 9.17) is 9.47 Å². The summed E-state index contributed by atoms with van der Waals surface area (Å²) in [7, 11) is 0. The van der Waals surface area contributed by atoms with Gasteiger partial charge in [-0.05, 0) is 72.6 Å². The molecule has 2 aromatic carbocycles. The minimum absolute atomic E-state index is 0.0612. The molecule has 1 N–H and O–H groups in total. The van der Waals surface area contributed by atoms with Crippen LogP contribution in [0.3, 0.4) is 0 Å². The molecule has 0 bridgehead atoms. The van der Waals surface area contributed by atoms with Crippen molar-refractivity contribution in [2.45, 2.75) is 96.2 Å². The summed E-state index contributed by atoms with van der Waals surface area (Å²) in [5, 5.41) is 3.71. The molecule has 0 radical (unpaired) electrons. The molecule has 0 saturated carbocycles. The van der Waals surface area contributed by atoms with Crippen LogP contribution in [-0.2, 0) is 6.18 Å². The van der Waals surface area contributed by atoms with Crippen LogP contribution < -0.4 is 14.8 Å². The van der Waals surface area contributed by atoms with E-state index in [1.807, 2.05) is 19.9 Å². The Kier molecular flexibility index (Phi) is 5.55. The van der Waals surface area contributed by atoms with Crippen LogP contribution in [0.25, 0.3) is 0 Å². The second-order valence-corrected chi connectivity index (χ2v) is 11.7. The van der Waals surface area contributed by atoms with Gasteiger partial charge < -0.3 is 14.8 Å². The molecule has 0 aliphatic carbocycles. The minimum Gasteiger partial charge on any atom is -0.487 e. The smallest absolute Gasteiger partial charge is 0.416 e. The molecule has 3 nitrogen and oxygen atoms in total. The van der Waals surface area contributed by atoms with Gasteiger partial charge in [-0.1, -0.05) is 18.2 Å². The molecule has 180 valence electrons. The van der Waals surface area contributed by atoms with Crippen LogP contribution in [0.1, 0.15) is 95.5 Å². The first kappa shape index (κ1) is 23.9. The third kappa shape index (κ3) is 5.16. The van der Waals surface area contributed by atoms with Gasteiger partial charge in [0.05, 0.1) is 5.56 Å². The van der Waals surface area contributed by atoms with Gasteiger partial charge in [0.2, 0.25) is 0 Å². The quantitative estimate of drug-likeness (QED) is 0.506. The standard InChI is InChI=1S/C27H34F3NO2/c1-24(2,3)31-21-15-26(6,7)33-23-13-22-18(12-19(21)23)20(14-25(4,5)32-22)16-9-8-10-17(11-16)27(28,29)30/h8-13,20-21,31H,14-15H2,1-7H3. The van der Waals surface area contributed by atoms with Crippen LogP contribution in [0, 0.1) is 0 Å². The zero-order valence-electron chi connectivity index (χ0n) is 20.5. The SMILES string of the molecule is CC(C)(C)NC1CC(C)(C)Oc2cc3c(cc21)C(c1cccc(C(F)(F)F)c1)CC(C)(C)O3. The first-order valence-electron chi connectivity index (χ1n) is 11.5. The fourth-order valence-corrected chi connectivity index (χ4v) is 5.08. The van der Waals surface area contributed by atoms with Crippen molar-refractivity contribution in [3.05, 3.63) is 58.7 Å². The molecule has 2 unspecified atom stereocenters. The Balaban J connectivity index is 1.85. The normalized spacial score (nSPS) is 23.7. The Hall–Kier alpha value is -2.21. The molecule has 6 heteroatoms. The van der Waals surface area contributed by atoms with E-state index in [9.17, 15) is 13.2 Å². The summed E-state index contributed by atoms with van der Waals surface area (Å²) in [5.74, 6) is 1.24. The average Bonchev–Trinajstić information content (AvgIpc) is 2.63. The van der Waals surface area contributed by atoms with Gasteiger partial charge in [-0.15, -0.1) is 0 Å². The highest BCUT2D eigenvalue weighted by atomic mass is 19.4. The number of rotatable bonds is 2. The summed E-state index contributed by atoms with van der Waals surface area (Å²) < 4.78 is 53.0. The van der Waals surface area contributed by atoms with Gasteiger partial charge in [0, 0.05) is 41.1 Å². The number of ether oxygens (including phenoxy) is 2. The van der Waals surface area contributed by atoms with Crippen LogP contribution in [-0.4, -0.2) is 16.7 Å². The number of hydrogen-bond acceptors (Lipinski definition) is 3. The molecule has 2 aromatic rings. The predicted molar refractivity (Wildman–Crippen MR) is 124 cm³/mol. The van der Waals surface area contributed by atoms with E-state index in [0.29, 0.717) is 17.7 Å². The molecule has 0 saturated heterocycles. The Morgan fingerprint density at radius 1 is 0.848 bits per heavy atom. The number of alkyl halides is 3. The molecular formula is C27H34F3NO2. The highest BCUT2D eigenvalue weighted by Gasteiger charge is 2.41. The lowest BCUT2D eigenvalue weighted by atomic mass is 9.77. The van der Waals surface area contributed by atoms with Crippen molar-refractivity contribution < 1.29 is 22.6 Å². The van der Waals surface area contributed by atoms with E-state index in [-0.39, 0.29) is 23.1 Å². The number of halogens is 3. The maximum Gasteiger partial charge on any atom is 0.416 e. The molecule has 2 aliphatic heterocycles. The van der Waals surface area contributed by atoms with E-state index < -0.39 is 17.3 Å². The van der Waals surface area contributed by atoms with Crippen LogP contribution in [0.2, 0.25) is 0 Å². The van der Waals surface area contributed by atoms with E-state index in [1.54, 1.807) is 6.07 Å². The van der Waals surface area contributed by atoms with Crippen molar-refractivity contribution in [2.75, 3.05) is 0 Å². The Bertz CT molecular complexity index is 1050. The number of nitrogens with one attached hydrogen (secondary N) is 1. The Morgan fingerprint density at radius 3 is 2.06 bits per heavy atom. The molecule has 2 atom stereocenters. The maximum absolute atomic E-state index is 13.4. The van der Waals surface area contributed by atoms with Crippen LogP contribution in [0.5, 0.6) is 11.5 Å². The van der Waals surface area contributed by atoms with Crippen molar-refractivity contribution in [3.8, 4) is 11.5 Å². The molecule has 0 spiro atoms. The average molecular weight is 462 g/mol. The second kappa shape index (κ2) is 7.66. The summed E-state index contributed by atoms with van der Waals surface area (Å²) in [4.78, 5) is 0. The first-order valence-corrected chi connectivity index (χ1v) is 11.5. The van der Waals surface area contributed by atoms with Gasteiger partial charge in [-0.3, -0.25) is 0 Å². The number of benzene rings is 2. The van der Waals surface area contributed by atoms with Gasteiger partial charge in [-0.25, -0.2) is 0 Å². The van der Waals surface area contributed by atoms with E-state index in [0.717, 1.165) is 29.4 Å². The van der Waals surface area contributed by atoms with Crippen molar-refractivity contribution >= 4 is 0 Å². The van der Waals surface area contributed by atoms with Crippen molar-refractivity contribution in [2.24, 2.45) is 0 Å². The minimum atomic E-state index is -4.38. The highest BCUT2D eigenvalue weighted by molar-refractivity contribution is 5.54. The monoisotopic (exact) mass is 461 g/mol. The predicted octanol–water partition coefficient (Wildman–Crippen LogP) is 7.39. The molecule has 0 amide bonds. The summed E-state index contributed by atoms with van der Waals surface area (Å²) in [6.45, 7) is 14.5. The summed E-state index contributed by atoms with van der Waals surface area (Å²) in [6.07, 6.45) is -3.00. The Labute approximate surface area is 194 Å². The molecule has 0 fully saturated rings. The van der Waals surface area contributed by atoms with E-state index in [1.165, 1.54) is 12.1 Å². The van der Waals surface area contributed by atoms with Gasteiger partial charge in [0.15, 0.2) is 0 Å². The number of fused-ring (bicyclic) bond motifs is 2. The first-order chi connectivity index (χ1) is 15.0. The van der Waals surface area contributed by atoms with Crippen LogP contribution in [0.4, 0.5) is 13.2 Å². The summed E-state index contributed by atoms with van der Waals surface area (Å²) in [6, 6.07) is 9.77. The van der Waals surface area contributed by atoms with Crippen LogP contribution in [0.15, 0.2) is 36.4 Å².